The molecule has 5 heteroatoms. The van der Waals surface area contributed by atoms with Crippen LogP contribution in [-0.4, -0.2) is 25.7 Å². The number of carbonyl (C=O) groups is 1. The van der Waals surface area contributed by atoms with E-state index in [2.05, 4.69) is 5.10 Å². The molecule has 23 heavy (non-hydrogen) atoms. The second-order valence-corrected chi connectivity index (χ2v) is 5.59. The van der Waals surface area contributed by atoms with Crippen molar-refractivity contribution in [3.63, 3.8) is 0 Å². The lowest BCUT2D eigenvalue weighted by atomic mass is 10.1. The van der Waals surface area contributed by atoms with Gasteiger partial charge in [-0.3, -0.25) is 4.79 Å². The van der Waals surface area contributed by atoms with Crippen LogP contribution in [0.2, 0.25) is 0 Å². The highest BCUT2D eigenvalue weighted by atomic mass is 16.3. The predicted molar refractivity (Wildman–Crippen MR) is 85.2 cm³/mol. The molecule has 5 nitrogen and oxygen atoms in total. The van der Waals surface area contributed by atoms with Crippen LogP contribution in [-0.2, 0) is 13.1 Å². The second kappa shape index (κ2) is 5.28. The van der Waals surface area contributed by atoms with Crippen LogP contribution in [0.15, 0.2) is 60.9 Å². The van der Waals surface area contributed by atoms with Crippen LogP contribution in [0.3, 0.4) is 0 Å². The molecule has 0 aliphatic carbocycles. The Morgan fingerprint density at radius 3 is 2.61 bits per heavy atom. The Balaban J connectivity index is 1.54. The minimum Gasteiger partial charge on any atom is -0.507 e. The summed E-state index contributed by atoms with van der Waals surface area (Å²) < 4.78 is 1.79. The van der Waals surface area contributed by atoms with Crippen LogP contribution in [0.5, 0.6) is 5.75 Å². The summed E-state index contributed by atoms with van der Waals surface area (Å²) in [5.74, 6) is -0.0571. The molecule has 0 radical (unpaired) electrons. The molecule has 4 rings (SSSR count). The third-order valence-corrected chi connectivity index (χ3v) is 4.07. The van der Waals surface area contributed by atoms with Crippen molar-refractivity contribution in [2.45, 2.75) is 13.1 Å². The predicted octanol–water partition coefficient (Wildman–Crippen LogP) is 2.73. The maximum atomic E-state index is 12.4. The number of hydrogen-bond acceptors (Lipinski definition) is 3. The number of aromatic nitrogens is 2. The molecule has 3 aromatic rings. The minimum atomic E-state index is -0.116. The Bertz CT molecular complexity index is 854. The van der Waals surface area contributed by atoms with Gasteiger partial charge in [-0.1, -0.05) is 24.3 Å². The van der Waals surface area contributed by atoms with E-state index in [-0.39, 0.29) is 11.7 Å². The van der Waals surface area contributed by atoms with E-state index in [0.717, 1.165) is 16.8 Å². The Morgan fingerprint density at radius 2 is 1.91 bits per heavy atom. The van der Waals surface area contributed by atoms with Gasteiger partial charge in [-0.15, -0.1) is 0 Å². The highest BCUT2D eigenvalue weighted by Gasteiger charge is 2.29. The number of hydrogen-bond donors (Lipinski definition) is 1. The van der Waals surface area contributed by atoms with Crippen molar-refractivity contribution in [1.29, 1.82) is 0 Å². The van der Waals surface area contributed by atoms with E-state index in [4.69, 9.17) is 0 Å². The minimum absolute atomic E-state index is 0.0593. The van der Waals surface area contributed by atoms with Gasteiger partial charge < -0.3 is 10.0 Å². The third-order valence-electron chi connectivity index (χ3n) is 4.07. The normalized spacial score (nSPS) is 13.4. The molecule has 0 unspecified atom stereocenters. The first-order valence-corrected chi connectivity index (χ1v) is 7.41. The van der Waals surface area contributed by atoms with Gasteiger partial charge in [0.15, 0.2) is 0 Å². The summed E-state index contributed by atoms with van der Waals surface area (Å²) in [4.78, 5) is 14.2. The van der Waals surface area contributed by atoms with Crippen molar-refractivity contribution in [1.82, 2.24) is 14.7 Å². The molecule has 2 heterocycles. The fourth-order valence-corrected chi connectivity index (χ4v) is 2.92. The third kappa shape index (κ3) is 2.36. The molecule has 1 aliphatic rings. The van der Waals surface area contributed by atoms with Gasteiger partial charge in [-0.05, 0) is 35.4 Å². The monoisotopic (exact) mass is 305 g/mol. The first-order chi connectivity index (χ1) is 11.2. The van der Waals surface area contributed by atoms with Crippen molar-refractivity contribution in [2.24, 2.45) is 0 Å². The molecular weight excluding hydrogens is 290 g/mol. The molecule has 0 fully saturated rings. The van der Waals surface area contributed by atoms with Gasteiger partial charge in [0.25, 0.3) is 5.91 Å². The number of carbonyl (C=O) groups excluding carboxylic acids is 1. The van der Waals surface area contributed by atoms with Gasteiger partial charge in [0.2, 0.25) is 0 Å². The Hall–Kier alpha value is -3.08. The molecule has 0 saturated heterocycles. The number of phenols is 1. The lowest BCUT2D eigenvalue weighted by Gasteiger charge is -2.16. The quantitative estimate of drug-likeness (QED) is 0.809. The summed E-state index contributed by atoms with van der Waals surface area (Å²) in [5.41, 5.74) is 3.33. The summed E-state index contributed by atoms with van der Waals surface area (Å²) in [6.07, 6.45) is 3.62. The SMILES string of the molecule is O=C1c2c(O)cccc2CN1Cc1ccc(-n2cccn2)cc1. The van der Waals surface area contributed by atoms with Gasteiger partial charge >= 0.3 is 0 Å². The number of rotatable bonds is 3. The zero-order valence-electron chi connectivity index (χ0n) is 12.4. The molecule has 0 spiro atoms. The number of phenolic OH excluding ortho intramolecular Hbond substituents is 1. The molecule has 1 N–H and O–H groups in total. The van der Waals surface area contributed by atoms with Gasteiger partial charge in [-0.25, -0.2) is 4.68 Å². The van der Waals surface area contributed by atoms with E-state index in [1.165, 1.54) is 0 Å². The van der Waals surface area contributed by atoms with Crippen LogP contribution in [0.1, 0.15) is 21.5 Å². The lowest BCUT2D eigenvalue weighted by Crippen LogP contribution is -2.23. The standard InChI is InChI=1S/C18H15N3O2/c22-16-4-1-3-14-12-20(18(23)17(14)16)11-13-5-7-15(8-6-13)21-10-2-9-19-21/h1-10,22H,11-12H2. The summed E-state index contributed by atoms with van der Waals surface area (Å²) in [6, 6.07) is 15.0. The molecule has 1 amide bonds. The van der Waals surface area contributed by atoms with Crippen molar-refractivity contribution in [2.75, 3.05) is 0 Å². The topological polar surface area (TPSA) is 58.4 Å². The highest BCUT2D eigenvalue weighted by molar-refractivity contribution is 6.00. The molecular formula is C18H15N3O2. The van der Waals surface area contributed by atoms with Crippen molar-refractivity contribution >= 4 is 5.91 Å². The number of benzene rings is 2. The first kappa shape index (κ1) is 13.6. The molecule has 114 valence electrons. The van der Waals surface area contributed by atoms with Gasteiger partial charge in [-0.2, -0.15) is 5.10 Å². The van der Waals surface area contributed by atoms with Crippen molar-refractivity contribution in [3.05, 3.63) is 77.6 Å². The number of aromatic hydroxyl groups is 1. The van der Waals surface area contributed by atoms with Crippen LogP contribution in [0.25, 0.3) is 5.69 Å². The molecule has 2 aromatic carbocycles. The largest absolute Gasteiger partial charge is 0.507 e. The molecule has 1 aliphatic heterocycles. The van der Waals surface area contributed by atoms with E-state index in [1.54, 1.807) is 27.9 Å². The second-order valence-electron chi connectivity index (χ2n) is 5.59. The van der Waals surface area contributed by atoms with E-state index in [9.17, 15) is 9.90 Å². The van der Waals surface area contributed by atoms with Crippen molar-refractivity contribution < 1.29 is 9.90 Å². The number of fused-ring (bicyclic) bond motifs is 1. The van der Waals surface area contributed by atoms with Gasteiger partial charge in [0.1, 0.15) is 5.75 Å². The highest BCUT2D eigenvalue weighted by Crippen LogP contribution is 2.30. The van der Waals surface area contributed by atoms with Gasteiger partial charge in [0.05, 0.1) is 11.3 Å². The smallest absolute Gasteiger partial charge is 0.258 e. The summed E-state index contributed by atoms with van der Waals surface area (Å²) in [5, 5.41) is 14.1. The molecule has 0 saturated carbocycles. The maximum absolute atomic E-state index is 12.4. The Kier molecular flexibility index (Phi) is 3.12. The fraction of sp³-hybridized carbons (Fsp3) is 0.111. The molecule has 0 atom stereocenters. The summed E-state index contributed by atoms with van der Waals surface area (Å²) in [6.45, 7) is 1.05. The Labute approximate surface area is 133 Å². The molecule has 1 aromatic heterocycles. The Morgan fingerprint density at radius 1 is 1.09 bits per heavy atom. The summed E-state index contributed by atoms with van der Waals surface area (Å²) in [7, 11) is 0. The zero-order chi connectivity index (χ0) is 15.8. The van der Waals surface area contributed by atoms with E-state index in [0.29, 0.717) is 18.7 Å². The first-order valence-electron chi connectivity index (χ1n) is 7.41. The van der Waals surface area contributed by atoms with Crippen LogP contribution in [0.4, 0.5) is 0 Å². The average Bonchev–Trinajstić information content (AvgIpc) is 3.18. The van der Waals surface area contributed by atoms with Gasteiger partial charge in [0, 0.05) is 25.5 Å². The number of nitrogens with zero attached hydrogens (tertiary/aromatic N) is 3. The molecule has 0 bridgehead atoms. The van der Waals surface area contributed by atoms with Crippen molar-refractivity contribution in [3.8, 4) is 11.4 Å². The number of amides is 1. The van der Waals surface area contributed by atoms with Crippen LogP contribution < -0.4 is 0 Å². The summed E-state index contributed by atoms with van der Waals surface area (Å²) >= 11 is 0. The maximum Gasteiger partial charge on any atom is 0.258 e. The van der Waals surface area contributed by atoms with E-state index in [1.807, 2.05) is 42.6 Å². The van der Waals surface area contributed by atoms with Crippen LogP contribution >= 0.6 is 0 Å². The van der Waals surface area contributed by atoms with E-state index < -0.39 is 0 Å². The fourth-order valence-electron chi connectivity index (χ4n) is 2.92. The average molecular weight is 305 g/mol. The zero-order valence-corrected chi connectivity index (χ0v) is 12.4. The van der Waals surface area contributed by atoms with Crippen LogP contribution in [0, 0.1) is 0 Å². The lowest BCUT2D eigenvalue weighted by molar-refractivity contribution is 0.0764. The van der Waals surface area contributed by atoms with E-state index >= 15 is 0 Å².